The summed E-state index contributed by atoms with van der Waals surface area (Å²) in [6, 6.07) is 0. The first kappa shape index (κ1) is 12.7. The van der Waals surface area contributed by atoms with Gasteiger partial charge in [0.05, 0.1) is 6.54 Å². The van der Waals surface area contributed by atoms with Crippen LogP contribution in [0.2, 0.25) is 0 Å². The van der Waals surface area contributed by atoms with Crippen LogP contribution in [-0.4, -0.2) is 38.7 Å². The minimum Gasteiger partial charge on any atom is -0.448 e. The Balaban J connectivity index is 3.48. The largest absolute Gasteiger partial charge is 0.448 e. The maximum Gasteiger partial charge on any atom is 0.404 e. The zero-order valence-electron chi connectivity index (χ0n) is 8.50. The lowest BCUT2D eigenvalue weighted by Gasteiger charge is -2.10. The number of carbonyl (C=O) groups excluding carboxylic acids is 2. The minimum atomic E-state index is -0.831. The quantitative estimate of drug-likeness (QED) is 0.485. The molecular formula is C8H17N3O3. The molecule has 6 heteroatoms. The molecule has 0 heterocycles. The van der Waals surface area contributed by atoms with Gasteiger partial charge in [0.1, 0.15) is 6.61 Å². The molecule has 0 aliphatic heterocycles. The number of hydrogen-bond donors (Lipinski definition) is 3. The van der Waals surface area contributed by atoms with Crippen molar-refractivity contribution in [2.45, 2.75) is 6.92 Å². The van der Waals surface area contributed by atoms with Crippen LogP contribution >= 0.6 is 0 Å². The molecule has 0 aromatic rings. The fourth-order valence-corrected chi connectivity index (χ4v) is 0.899. The zero-order valence-corrected chi connectivity index (χ0v) is 8.50. The third-order valence-corrected chi connectivity index (χ3v) is 1.60. The predicted octanol–water partition coefficient (Wildman–Crippen LogP) is -0.947. The molecule has 0 rings (SSSR count). The van der Waals surface area contributed by atoms with Gasteiger partial charge in [0, 0.05) is 12.5 Å². The summed E-state index contributed by atoms with van der Waals surface area (Å²) < 4.78 is 4.44. The van der Waals surface area contributed by atoms with Gasteiger partial charge in [-0.1, -0.05) is 6.92 Å². The Morgan fingerprint density at radius 1 is 1.50 bits per heavy atom. The number of amides is 2. The number of ether oxygens (including phenoxy) is 1. The lowest BCUT2D eigenvalue weighted by molar-refractivity contribution is -0.124. The van der Waals surface area contributed by atoms with Crippen molar-refractivity contribution < 1.29 is 14.3 Å². The molecule has 0 spiro atoms. The van der Waals surface area contributed by atoms with Crippen molar-refractivity contribution in [1.82, 2.24) is 10.6 Å². The van der Waals surface area contributed by atoms with Crippen molar-refractivity contribution in [3.05, 3.63) is 0 Å². The molecule has 0 saturated heterocycles. The van der Waals surface area contributed by atoms with Crippen LogP contribution in [0.4, 0.5) is 4.79 Å². The van der Waals surface area contributed by atoms with E-state index < -0.39 is 6.09 Å². The molecule has 1 unspecified atom stereocenters. The van der Waals surface area contributed by atoms with Gasteiger partial charge in [0.2, 0.25) is 5.91 Å². The van der Waals surface area contributed by atoms with Crippen LogP contribution in [0.3, 0.4) is 0 Å². The fourth-order valence-electron chi connectivity index (χ4n) is 0.899. The van der Waals surface area contributed by atoms with E-state index in [-0.39, 0.29) is 25.0 Å². The van der Waals surface area contributed by atoms with Crippen LogP contribution in [0.15, 0.2) is 0 Å². The third-order valence-electron chi connectivity index (χ3n) is 1.60. The van der Waals surface area contributed by atoms with Crippen molar-refractivity contribution in [3.8, 4) is 0 Å². The van der Waals surface area contributed by atoms with Crippen molar-refractivity contribution >= 4 is 12.0 Å². The molecule has 0 aromatic carbocycles. The molecule has 0 aliphatic rings. The fraction of sp³-hybridized carbons (Fsp3) is 0.750. The summed E-state index contributed by atoms with van der Waals surface area (Å²) in [6.07, 6.45) is -0.831. The van der Waals surface area contributed by atoms with Gasteiger partial charge >= 0.3 is 6.09 Å². The number of nitrogens with two attached hydrogens (primary N) is 1. The molecule has 4 N–H and O–H groups in total. The smallest absolute Gasteiger partial charge is 0.404 e. The minimum absolute atomic E-state index is 0.0765. The summed E-state index contributed by atoms with van der Waals surface area (Å²) in [5, 5.41) is 5.50. The summed E-state index contributed by atoms with van der Waals surface area (Å²) in [5.74, 6) is -0.180. The van der Waals surface area contributed by atoms with Gasteiger partial charge < -0.3 is 21.1 Å². The predicted molar refractivity (Wildman–Crippen MR) is 51.6 cm³/mol. The summed E-state index contributed by atoms with van der Waals surface area (Å²) in [4.78, 5) is 21.4. The number of nitrogens with one attached hydrogen (secondary N) is 2. The van der Waals surface area contributed by atoms with Crippen LogP contribution in [0.5, 0.6) is 0 Å². The Labute approximate surface area is 83.2 Å². The SMILES string of the molecule is CNCC(C)C(=O)NCCOC(N)=O. The molecule has 0 bridgehead atoms. The van der Waals surface area contributed by atoms with Crippen LogP contribution in [0, 0.1) is 5.92 Å². The highest BCUT2D eigenvalue weighted by Crippen LogP contribution is 1.90. The van der Waals surface area contributed by atoms with Gasteiger partial charge in [-0.15, -0.1) is 0 Å². The van der Waals surface area contributed by atoms with Gasteiger partial charge in [0.25, 0.3) is 0 Å². The molecule has 0 radical (unpaired) electrons. The van der Waals surface area contributed by atoms with E-state index in [4.69, 9.17) is 5.73 Å². The van der Waals surface area contributed by atoms with Gasteiger partial charge in [0.15, 0.2) is 0 Å². The number of primary amides is 1. The average molecular weight is 203 g/mol. The molecule has 2 amide bonds. The van der Waals surface area contributed by atoms with E-state index in [2.05, 4.69) is 15.4 Å². The Morgan fingerprint density at radius 3 is 2.64 bits per heavy atom. The lowest BCUT2D eigenvalue weighted by atomic mass is 10.1. The lowest BCUT2D eigenvalue weighted by Crippen LogP contribution is -2.36. The maximum atomic E-state index is 11.3. The molecule has 0 fully saturated rings. The number of carbonyl (C=O) groups is 2. The topological polar surface area (TPSA) is 93.4 Å². The first-order valence-electron chi connectivity index (χ1n) is 4.42. The van der Waals surface area contributed by atoms with Crippen molar-refractivity contribution in [3.63, 3.8) is 0 Å². The van der Waals surface area contributed by atoms with Crippen LogP contribution < -0.4 is 16.4 Å². The Kier molecular flexibility index (Phi) is 6.47. The number of rotatable bonds is 6. The van der Waals surface area contributed by atoms with E-state index in [1.165, 1.54) is 0 Å². The summed E-state index contributed by atoms with van der Waals surface area (Å²) in [7, 11) is 1.78. The summed E-state index contributed by atoms with van der Waals surface area (Å²) >= 11 is 0. The van der Waals surface area contributed by atoms with Crippen molar-refractivity contribution in [2.75, 3.05) is 26.7 Å². The molecule has 0 saturated carbocycles. The Hall–Kier alpha value is -1.30. The molecule has 1 atom stereocenters. The normalized spacial score (nSPS) is 11.9. The van der Waals surface area contributed by atoms with Crippen LogP contribution in [0.1, 0.15) is 6.92 Å². The molecule has 0 aromatic heterocycles. The summed E-state index contributed by atoms with van der Waals surface area (Å²) in [6.45, 7) is 2.81. The number of hydrogen-bond acceptors (Lipinski definition) is 4. The molecule has 82 valence electrons. The second-order valence-corrected chi connectivity index (χ2v) is 2.92. The standard InChI is InChI=1S/C8H17N3O3/c1-6(5-10-2)7(12)11-3-4-14-8(9)13/h6,10H,3-5H2,1-2H3,(H2,9,13)(H,11,12). The zero-order chi connectivity index (χ0) is 11.0. The molecule has 0 aliphatic carbocycles. The van der Waals surface area contributed by atoms with E-state index in [1.54, 1.807) is 14.0 Å². The highest BCUT2D eigenvalue weighted by molar-refractivity contribution is 5.78. The second kappa shape index (κ2) is 7.14. The van der Waals surface area contributed by atoms with E-state index in [0.717, 1.165) is 0 Å². The summed E-state index contributed by atoms with van der Waals surface area (Å²) in [5.41, 5.74) is 4.73. The van der Waals surface area contributed by atoms with E-state index >= 15 is 0 Å². The van der Waals surface area contributed by atoms with Crippen molar-refractivity contribution in [2.24, 2.45) is 11.7 Å². The highest BCUT2D eigenvalue weighted by Gasteiger charge is 2.10. The van der Waals surface area contributed by atoms with Gasteiger partial charge in [-0.05, 0) is 7.05 Å². The van der Waals surface area contributed by atoms with E-state index in [1.807, 2.05) is 0 Å². The van der Waals surface area contributed by atoms with E-state index in [9.17, 15) is 9.59 Å². The van der Waals surface area contributed by atoms with Crippen molar-refractivity contribution in [1.29, 1.82) is 0 Å². The monoisotopic (exact) mass is 203 g/mol. The first-order valence-corrected chi connectivity index (χ1v) is 4.42. The third kappa shape index (κ3) is 6.24. The van der Waals surface area contributed by atoms with E-state index in [0.29, 0.717) is 6.54 Å². The average Bonchev–Trinajstić information content (AvgIpc) is 2.12. The second-order valence-electron chi connectivity index (χ2n) is 2.92. The van der Waals surface area contributed by atoms with Crippen LogP contribution in [-0.2, 0) is 9.53 Å². The van der Waals surface area contributed by atoms with Gasteiger partial charge in [-0.3, -0.25) is 4.79 Å². The molecular weight excluding hydrogens is 186 g/mol. The van der Waals surface area contributed by atoms with Crippen LogP contribution in [0.25, 0.3) is 0 Å². The first-order chi connectivity index (χ1) is 6.57. The highest BCUT2D eigenvalue weighted by atomic mass is 16.5. The Bertz CT molecular complexity index is 196. The molecule has 6 nitrogen and oxygen atoms in total. The Morgan fingerprint density at radius 2 is 2.14 bits per heavy atom. The van der Waals surface area contributed by atoms with Gasteiger partial charge in [-0.2, -0.15) is 0 Å². The maximum absolute atomic E-state index is 11.3. The van der Waals surface area contributed by atoms with Gasteiger partial charge in [-0.25, -0.2) is 4.79 Å². The molecule has 14 heavy (non-hydrogen) atoms.